The standard InChI is InChI=1S/C23H24Cl3NO7/c1-30-20(29)19-17(31-12-14-8-4-2-5-9-14)16(28)18(32-13-15-10-6-3-7-11-15)21(33-19)34-22(27)23(24,25)26/h2-11,16-19,21,27-28H,12-13H2,1H3/t16?,17-,18?,19?,21?/m0/s1. The molecule has 0 saturated carbocycles. The first kappa shape index (κ1) is 26.7. The van der Waals surface area contributed by atoms with Gasteiger partial charge in [0.25, 0.3) is 3.79 Å². The maximum absolute atomic E-state index is 12.5. The van der Waals surface area contributed by atoms with E-state index < -0.39 is 46.4 Å². The number of carbonyl (C=O) groups excluding carboxylic acids is 1. The van der Waals surface area contributed by atoms with E-state index in [1.54, 1.807) is 0 Å². The first-order valence-electron chi connectivity index (χ1n) is 10.3. The fourth-order valence-electron chi connectivity index (χ4n) is 3.31. The Kier molecular flexibility index (Phi) is 9.56. The molecule has 0 spiro atoms. The van der Waals surface area contributed by atoms with E-state index in [0.29, 0.717) is 0 Å². The smallest absolute Gasteiger partial charge is 0.338 e. The molecule has 2 aromatic rings. The van der Waals surface area contributed by atoms with Gasteiger partial charge in [-0.05, 0) is 11.1 Å². The highest BCUT2D eigenvalue weighted by atomic mass is 35.6. The minimum Gasteiger partial charge on any atom is -0.467 e. The van der Waals surface area contributed by atoms with Crippen molar-refractivity contribution in [2.45, 2.75) is 47.7 Å². The van der Waals surface area contributed by atoms with Crippen LogP contribution < -0.4 is 0 Å². The molecule has 0 aromatic heterocycles. The van der Waals surface area contributed by atoms with Gasteiger partial charge in [0.05, 0.1) is 20.3 Å². The number of hydrogen-bond acceptors (Lipinski definition) is 8. The summed E-state index contributed by atoms with van der Waals surface area (Å²) in [6.07, 6.45) is -6.65. The highest BCUT2D eigenvalue weighted by Gasteiger charge is 2.52. The van der Waals surface area contributed by atoms with E-state index in [2.05, 4.69) is 0 Å². The molecule has 1 heterocycles. The highest BCUT2D eigenvalue weighted by Crippen LogP contribution is 2.33. The maximum atomic E-state index is 12.5. The zero-order valence-electron chi connectivity index (χ0n) is 18.1. The van der Waals surface area contributed by atoms with Crippen LogP contribution in [0.5, 0.6) is 0 Å². The topological polar surface area (TPSA) is 107 Å². The van der Waals surface area contributed by atoms with Gasteiger partial charge >= 0.3 is 5.97 Å². The van der Waals surface area contributed by atoms with Crippen LogP contribution in [0.4, 0.5) is 0 Å². The molecule has 2 N–H and O–H groups in total. The third-order valence-corrected chi connectivity index (χ3v) is 5.53. The van der Waals surface area contributed by atoms with E-state index in [1.165, 1.54) is 7.11 Å². The molecule has 1 saturated heterocycles. The van der Waals surface area contributed by atoms with Crippen molar-refractivity contribution in [2.24, 2.45) is 0 Å². The molecule has 0 radical (unpaired) electrons. The number of methoxy groups -OCH3 is 1. The first-order valence-corrected chi connectivity index (χ1v) is 11.4. The number of esters is 1. The summed E-state index contributed by atoms with van der Waals surface area (Å²) in [4.78, 5) is 12.5. The number of alkyl halides is 3. The van der Waals surface area contributed by atoms with Gasteiger partial charge in [-0.1, -0.05) is 95.5 Å². The molecule has 11 heteroatoms. The second kappa shape index (κ2) is 12.2. The van der Waals surface area contributed by atoms with E-state index in [-0.39, 0.29) is 13.2 Å². The van der Waals surface area contributed by atoms with Crippen molar-refractivity contribution in [1.29, 1.82) is 5.41 Å². The Morgan fingerprint density at radius 3 is 1.94 bits per heavy atom. The number of hydrogen-bond donors (Lipinski definition) is 2. The molecule has 0 aliphatic carbocycles. The minimum absolute atomic E-state index is 0.0706. The lowest BCUT2D eigenvalue weighted by Crippen LogP contribution is -2.62. The van der Waals surface area contributed by atoms with Crippen molar-refractivity contribution < 1.29 is 33.6 Å². The van der Waals surface area contributed by atoms with Gasteiger partial charge in [-0.15, -0.1) is 0 Å². The van der Waals surface area contributed by atoms with E-state index in [0.717, 1.165) is 11.1 Å². The van der Waals surface area contributed by atoms with Crippen LogP contribution >= 0.6 is 34.8 Å². The number of aliphatic hydroxyl groups excluding tert-OH is 1. The number of carbonyl (C=O) groups is 1. The third kappa shape index (κ3) is 7.05. The summed E-state index contributed by atoms with van der Waals surface area (Å²) in [5.41, 5.74) is 1.62. The van der Waals surface area contributed by atoms with Crippen molar-refractivity contribution >= 4 is 46.7 Å². The largest absolute Gasteiger partial charge is 0.467 e. The van der Waals surface area contributed by atoms with Crippen LogP contribution in [0.1, 0.15) is 11.1 Å². The average Bonchev–Trinajstić information content (AvgIpc) is 2.83. The molecular weight excluding hydrogens is 509 g/mol. The van der Waals surface area contributed by atoms with Gasteiger partial charge in [0.2, 0.25) is 12.2 Å². The van der Waals surface area contributed by atoms with Crippen molar-refractivity contribution in [2.75, 3.05) is 7.11 Å². The first-order chi connectivity index (χ1) is 16.2. The van der Waals surface area contributed by atoms with E-state index in [9.17, 15) is 9.90 Å². The van der Waals surface area contributed by atoms with Crippen LogP contribution in [-0.4, -0.2) is 58.6 Å². The Hall–Kier alpha value is -1.91. The zero-order valence-corrected chi connectivity index (χ0v) is 20.4. The molecule has 184 valence electrons. The summed E-state index contributed by atoms with van der Waals surface area (Å²) in [5, 5.41) is 19.1. The SMILES string of the molecule is COC(=O)C1OC(OC(=N)C(Cl)(Cl)Cl)C(OCc2ccccc2)C(O)[C@@H]1OCc1ccccc1. The molecule has 4 unspecified atom stereocenters. The number of aliphatic hydroxyl groups is 1. The van der Waals surface area contributed by atoms with Crippen LogP contribution in [0.25, 0.3) is 0 Å². The van der Waals surface area contributed by atoms with E-state index >= 15 is 0 Å². The maximum Gasteiger partial charge on any atom is 0.338 e. The van der Waals surface area contributed by atoms with Gasteiger partial charge in [0.15, 0.2) is 6.10 Å². The Balaban J connectivity index is 1.85. The summed E-state index contributed by atoms with van der Waals surface area (Å²) in [6, 6.07) is 18.4. The molecule has 1 fully saturated rings. The molecule has 3 rings (SSSR count). The fraction of sp³-hybridized carbons (Fsp3) is 0.391. The monoisotopic (exact) mass is 531 g/mol. The molecule has 2 aromatic carbocycles. The highest BCUT2D eigenvalue weighted by molar-refractivity contribution is 6.76. The zero-order chi connectivity index (χ0) is 24.7. The van der Waals surface area contributed by atoms with Crippen LogP contribution in [0.15, 0.2) is 60.7 Å². The molecule has 0 amide bonds. The van der Waals surface area contributed by atoms with Crippen molar-refractivity contribution in [3.63, 3.8) is 0 Å². The molecule has 1 aliphatic rings. The molecular formula is C23H24Cl3NO7. The fourth-order valence-corrected chi connectivity index (χ4v) is 3.44. The minimum atomic E-state index is -2.19. The number of ether oxygens (including phenoxy) is 5. The van der Waals surface area contributed by atoms with Crippen LogP contribution in [-0.2, 0) is 41.7 Å². The molecule has 8 nitrogen and oxygen atoms in total. The van der Waals surface area contributed by atoms with Crippen molar-refractivity contribution in [3.8, 4) is 0 Å². The quantitative estimate of drug-likeness (QED) is 0.231. The second-order valence-corrected chi connectivity index (χ2v) is 9.69. The number of rotatable bonds is 8. The van der Waals surface area contributed by atoms with Crippen molar-refractivity contribution in [1.82, 2.24) is 0 Å². The van der Waals surface area contributed by atoms with Gasteiger partial charge in [-0.2, -0.15) is 0 Å². The van der Waals surface area contributed by atoms with Crippen LogP contribution in [0.2, 0.25) is 0 Å². The average molecular weight is 533 g/mol. The van der Waals surface area contributed by atoms with Crippen molar-refractivity contribution in [3.05, 3.63) is 71.8 Å². The predicted molar refractivity (Wildman–Crippen MR) is 126 cm³/mol. The van der Waals surface area contributed by atoms with Gasteiger partial charge in [-0.25, -0.2) is 4.79 Å². The van der Waals surface area contributed by atoms with Crippen LogP contribution in [0, 0.1) is 5.41 Å². The second-order valence-electron chi connectivity index (χ2n) is 7.41. The summed E-state index contributed by atoms with van der Waals surface area (Å²) in [7, 11) is 1.17. The van der Waals surface area contributed by atoms with E-state index in [4.69, 9.17) is 63.9 Å². The predicted octanol–water partition coefficient (Wildman–Crippen LogP) is 3.78. The lowest BCUT2D eigenvalue weighted by Gasteiger charge is -2.43. The van der Waals surface area contributed by atoms with Gasteiger partial charge in [0, 0.05) is 0 Å². The summed E-state index contributed by atoms with van der Waals surface area (Å²) in [6.45, 7) is 0.154. The van der Waals surface area contributed by atoms with Gasteiger partial charge in [-0.3, -0.25) is 5.41 Å². The number of benzene rings is 2. The van der Waals surface area contributed by atoms with Gasteiger partial charge in [0.1, 0.15) is 18.3 Å². The van der Waals surface area contributed by atoms with E-state index in [1.807, 2.05) is 60.7 Å². The Morgan fingerprint density at radius 1 is 0.971 bits per heavy atom. The molecule has 1 aliphatic heterocycles. The molecule has 5 atom stereocenters. The Labute approximate surface area is 212 Å². The van der Waals surface area contributed by atoms with Crippen LogP contribution in [0.3, 0.4) is 0 Å². The summed E-state index contributed by atoms with van der Waals surface area (Å²) < 4.78 is 25.5. The normalized spacial score (nSPS) is 24.9. The van der Waals surface area contributed by atoms with Gasteiger partial charge < -0.3 is 28.8 Å². The number of nitrogens with one attached hydrogen (secondary N) is 1. The Bertz CT molecular complexity index is 943. The molecule has 0 bridgehead atoms. The Morgan fingerprint density at radius 2 is 1.47 bits per heavy atom. The summed E-state index contributed by atoms with van der Waals surface area (Å²) >= 11 is 17.2. The summed E-state index contributed by atoms with van der Waals surface area (Å²) in [5.74, 6) is -1.58. The molecule has 34 heavy (non-hydrogen) atoms. The lowest BCUT2D eigenvalue weighted by molar-refractivity contribution is -0.295. The lowest BCUT2D eigenvalue weighted by atomic mass is 9.98. The third-order valence-electron chi connectivity index (χ3n) is 5.02. The number of halogens is 3.